The number of para-hydroxylation sites is 2. The Kier molecular flexibility index (Phi) is 3.87. The van der Waals surface area contributed by atoms with Crippen LogP contribution in [0, 0.1) is 0 Å². The van der Waals surface area contributed by atoms with Crippen LogP contribution in [-0.4, -0.2) is 18.6 Å². The molecule has 1 N–H and O–H groups in total. The highest BCUT2D eigenvalue weighted by Gasteiger charge is 2.28. The Morgan fingerprint density at radius 3 is 2.52 bits per heavy atom. The van der Waals surface area contributed by atoms with E-state index in [1.165, 1.54) is 23.4 Å². The first-order chi connectivity index (χ1) is 10.1. The summed E-state index contributed by atoms with van der Waals surface area (Å²) in [6.45, 7) is 6.70. The molecule has 0 aromatic heterocycles. The SMILES string of the molecule is CC1(C)CN(CCCc2ccccc2)c2ccccc2N1. The molecular weight excluding hydrogens is 256 g/mol. The maximum absolute atomic E-state index is 3.63. The average Bonchev–Trinajstić information content (AvgIpc) is 2.47. The van der Waals surface area contributed by atoms with Crippen LogP contribution < -0.4 is 10.2 Å². The third kappa shape index (κ3) is 3.38. The molecule has 1 aliphatic rings. The Morgan fingerprint density at radius 1 is 1.00 bits per heavy atom. The van der Waals surface area contributed by atoms with E-state index in [-0.39, 0.29) is 5.54 Å². The van der Waals surface area contributed by atoms with E-state index in [2.05, 4.69) is 78.7 Å². The lowest BCUT2D eigenvalue weighted by Crippen LogP contribution is -2.48. The molecule has 0 spiro atoms. The van der Waals surface area contributed by atoms with Crippen LogP contribution >= 0.6 is 0 Å². The van der Waals surface area contributed by atoms with Gasteiger partial charge in [-0.05, 0) is 44.4 Å². The lowest BCUT2D eigenvalue weighted by molar-refractivity contribution is 0.526. The fourth-order valence-corrected chi connectivity index (χ4v) is 3.14. The standard InChI is InChI=1S/C19H24N2/c1-19(2)15-21(18-13-7-6-12-17(18)20-19)14-8-11-16-9-4-3-5-10-16/h3-7,9-10,12-13,20H,8,11,14-15H2,1-2H3. The number of hydrogen-bond acceptors (Lipinski definition) is 2. The molecule has 110 valence electrons. The van der Waals surface area contributed by atoms with Crippen molar-refractivity contribution in [2.75, 3.05) is 23.3 Å². The van der Waals surface area contributed by atoms with Crippen molar-refractivity contribution in [2.45, 2.75) is 32.2 Å². The quantitative estimate of drug-likeness (QED) is 0.896. The second-order valence-electron chi connectivity index (χ2n) is 6.54. The zero-order chi connectivity index (χ0) is 14.7. The van der Waals surface area contributed by atoms with Gasteiger partial charge in [0.25, 0.3) is 0 Å². The summed E-state index contributed by atoms with van der Waals surface area (Å²) >= 11 is 0. The average molecular weight is 280 g/mol. The molecular formula is C19H24N2. The predicted molar refractivity (Wildman–Crippen MR) is 91.1 cm³/mol. The number of anilines is 2. The second-order valence-corrected chi connectivity index (χ2v) is 6.54. The molecule has 21 heavy (non-hydrogen) atoms. The van der Waals surface area contributed by atoms with Gasteiger partial charge in [0.1, 0.15) is 0 Å². The van der Waals surface area contributed by atoms with Crippen LogP contribution in [-0.2, 0) is 6.42 Å². The topological polar surface area (TPSA) is 15.3 Å². The minimum absolute atomic E-state index is 0.126. The fourth-order valence-electron chi connectivity index (χ4n) is 3.14. The van der Waals surface area contributed by atoms with Crippen LogP contribution in [0.5, 0.6) is 0 Å². The highest BCUT2D eigenvalue weighted by molar-refractivity contribution is 5.73. The summed E-state index contributed by atoms with van der Waals surface area (Å²) < 4.78 is 0. The van der Waals surface area contributed by atoms with Crippen molar-refractivity contribution in [2.24, 2.45) is 0 Å². The number of nitrogens with one attached hydrogen (secondary N) is 1. The zero-order valence-electron chi connectivity index (χ0n) is 13.0. The minimum Gasteiger partial charge on any atom is -0.377 e. The molecule has 2 aromatic rings. The van der Waals surface area contributed by atoms with Crippen molar-refractivity contribution < 1.29 is 0 Å². The summed E-state index contributed by atoms with van der Waals surface area (Å²) in [5, 5.41) is 3.63. The van der Waals surface area contributed by atoms with Crippen molar-refractivity contribution in [3.63, 3.8) is 0 Å². The van der Waals surface area contributed by atoms with E-state index in [0.717, 1.165) is 19.5 Å². The van der Waals surface area contributed by atoms with Crippen molar-refractivity contribution in [3.05, 3.63) is 60.2 Å². The van der Waals surface area contributed by atoms with Crippen LogP contribution in [0.2, 0.25) is 0 Å². The van der Waals surface area contributed by atoms with Crippen LogP contribution in [0.3, 0.4) is 0 Å². The van der Waals surface area contributed by atoms with E-state index < -0.39 is 0 Å². The number of aryl methyl sites for hydroxylation is 1. The maximum Gasteiger partial charge on any atom is 0.0602 e. The Hall–Kier alpha value is -1.96. The number of benzene rings is 2. The Balaban J connectivity index is 1.67. The Morgan fingerprint density at radius 2 is 1.71 bits per heavy atom. The van der Waals surface area contributed by atoms with Crippen LogP contribution in [0.1, 0.15) is 25.8 Å². The molecule has 0 aliphatic carbocycles. The molecule has 1 aliphatic heterocycles. The van der Waals surface area contributed by atoms with Crippen LogP contribution in [0.25, 0.3) is 0 Å². The van der Waals surface area contributed by atoms with Crippen molar-refractivity contribution in [3.8, 4) is 0 Å². The summed E-state index contributed by atoms with van der Waals surface area (Å²) in [7, 11) is 0. The van der Waals surface area contributed by atoms with Crippen LogP contribution in [0.4, 0.5) is 11.4 Å². The first-order valence-corrected chi connectivity index (χ1v) is 7.80. The molecule has 2 aromatic carbocycles. The molecule has 0 fully saturated rings. The van der Waals surface area contributed by atoms with Crippen LogP contribution in [0.15, 0.2) is 54.6 Å². The van der Waals surface area contributed by atoms with Crippen molar-refractivity contribution in [1.82, 2.24) is 0 Å². The third-order valence-corrected chi connectivity index (χ3v) is 4.04. The van der Waals surface area contributed by atoms with E-state index >= 15 is 0 Å². The van der Waals surface area contributed by atoms with Gasteiger partial charge >= 0.3 is 0 Å². The molecule has 0 radical (unpaired) electrons. The third-order valence-electron chi connectivity index (χ3n) is 4.04. The van der Waals surface area contributed by atoms with Gasteiger partial charge in [-0.3, -0.25) is 0 Å². The van der Waals surface area contributed by atoms with E-state index in [1.807, 2.05) is 0 Å². The van der Waals surface area contributed by atoms with Gasteiger partial charge in [-0.15, -0.1) is 0 Å². The first-order valence-electron chi connectivity index (χ1n) is 7.80. The summed E-state index contributed by atoms with van der Waals surface area (Å²) in [5.41, 5.74) is 4.15. The van der Waals surface area contributed by atoms with E-state index in [1.54, 1.807) is 0 Å². The molecule has 0 saturated carbocycles. The van der Waals surface area contributed by atoms with Gasteiger partial charge in [0, 0.05) is 18.6 Å². The highest BCUT2D eigenvalue weighted by atomic mass is 15.2. The first kappa shape index (κ1) is 14.0. The molecule has 0 bridgehead atoms. The van der Waals surface area contributed by atoms with Gasteiger partial charge < -0.3 is 10.2 Å². The lowest BCUT2D eigenvalue weighted by Gasteiger charge is -2.42. The van der Waals surface area contributed by atoms with Gasteiger partial charge in [0.2, 0.25) is 0 Å². The van der Waals surface area contributed by atoms with Crippen molar-refractivity contribution >= 4 is 11.4 Å². The summed E-state index contributed by atoms with van der Waals surface area (Å²) in [4.78, 5) is 2.52. The number of fused-ring (bicyclic) bond motifs is 1. The predicted octanol–water partition coefficient (Wildman–Crippen LogP) is 4.33. The molecule has 0 saturated heterocycles. The van der Waals surface area contributed by atoms with Crippen molar-refractivity contribution in [1.29, 1.82) is 0 Å². The van der Waals surface area contributed by atoms with Gasteiger partial charge in [-0.1, -0.05) is 42.5 Å². The van der Waals surface area contributed by atoms with E-state index in [9.17, 15) is 0 Å². The minimum atomic E-state index is 0.126. The van der Waals surface area contributed by atoms with Gasteiger partial charge in [0.05, 0.1) is 11.4 Å². The molecule has 3 rings (SSSR count). The van der Waals surface area contributed by atoms with E-state index in [0.29, 0.717) is 0 Å². The number of hydrogen-bond donors (Lipinski definition) is 1. The Labute approximate surface area is 127 Å². The second kappa shape index (κ2) is 5.80. The van der Waals surface area contributed by atoms with E-state index in [4.69, 9.17) is 0 Å². The molecule has 0 atom stereocenters. The number of rotatable bonds is 4. The largest absolute Gasteiger partial charge is 0.377 e. The smallest absolute Gasteiger partial charge is 0.0602 e. The molecule has 0 amide bonds. The molecule has 2 nitrogen and oxygen atoms in total. The maximum atomic E-state index is 3.63. The summed E-state index contributed by atoms with van der Waals surface area (Å²) in [5.74, 6) is 0. The fraction of sp³-hybridized carbons (Fsp3) is 0.368. The molecule has 2 heteroatoms. The van der Waals surface area contributed by atoms with Gasteiger partial charge in [-0.2, -0.15) is 0 Å². The molecule has 1 heterocycles. The summed E-state index contributed by atoms with van der Waals surface area (Å²) in [6, 6.07) is 19.4. The normalized spacial score (nSPS) is 16.2. The monoisotopic (exact) mass is 280 g/mol. The van der Waals surface area contributed by atoms with Gasteiger partial charge in [-0.25, -0.2) is 0 Å². The number of nitrogens with zero attached hydrogens (tertiary/aromatic N) is 1. The highest BCUT2D eigenvalue weighted by Crippen LogP contribution is 2.34. The Bertz CT molecular complexity index is 590. The molecule has 0 unspecified atom stereocenters. The van der Waals surface area contributed by atoms with Gasteiger partial charge in [0.15, 0.2) is 0 Å². The lowest BCUT2D eigenvalue weighted by atomic mass is 9.98. The summed E-state index contributed by atoms with van der Waals surface area (Å²) in [6.07, 6.45) is 2.34. The zero-order valence-corrected chi connectivity index (χ0v) is 13.0.